The number of nitrogens with one attached hydrogen (secondary N) is 3. The predicted molar refractivity (Wildman–Crippen MR) is 173 cm³/mol. The van der Waals surface area contributed by atoms with Gasteiger partial charge in [0.15, 0.2) is 0 Å². The Morgan fingerprint density at radius 2 is 1.53 bits per heavy atom. The number of H-pyrrole nitrogens is 2. The molecule has 2 aliphatic rings. The number of hydrogen-bond donors (Lipinski definition) is 3. The number of allylic oxidation sites excluding steroid dienone is 3. The molecule has 0 saturated carbocycles. The quantitative estimate of drug-likeness (QED) is 0.277. The van der Waals surface area contributed by atoms with Crippen LogP contribution in [0.1, 0.15) is 67.3 Å². The maximum atomic E-state index is 12.4. The van der Waals surface area contributed by atoms with E-state index in [1.807, 2.05) is 58.9 Å². The van der Waals surface area contributed by atoms with E-state index in [9.17, 15) is 19.2 Å². The van der Waals surface area contributed by atoms with Gasteiger partial charge in [-0.05, 0) is 99.1 Å². The molecule has 2 aliphatic heterocycles. The van der Waals surface area contributed by atoms with Gasteiger partial charge in [0, 0.05) is 46.2 Å². The summed E-state index contributed by atoms with van der Waals surface area (Å²) < 4.78 is 9.81. The first kappa shape index (κ1) is 32.9. The van der Waals surface area contributed by atoms with E-state index in [1.54, 1.807) is 0 Å². The molecule has 10 nitrogen and oxygen atoms in total. The first-order chi connectivity index (χ1) is 21.4. The third-order valence-electron chi connectivity index (χ3n) is 8.56. The number of aromatic nitrogens is 2. The lowest BCUT2D eigenvalue weighted by atomic mass is 10.0. The van der Waals surface area contributed by atoms with Gasteiger partial charge in [-0.25, -0.2) is 4.99 Å². The zero-order valence-electron chi connectivity index (χ0n) is 26.9. The molecule has 45 heavy (non-hydrogen) atoms. The molecule has 0 radical (unpaired) electrons. The summed E-state index contributed by atoms with van der Waals surface area (Å²) in [5.41, 5.74) is 8.63. The van der Waals surface area contributed by atoms with Crippen molar-refractivity contribution in [3.05, 3.63) is 85.5 Å². The molecule has 2 aromatic rings. The molecule has 1 fully saturated rings. The molecule has 10 heteroatoms. The van der Waals surface area contributed by atoms with Gasteiger partial charge in [0.1, 0.15) is 0 Å². The summed E-state index contributed by atoms with van der Waals surface area (Å²) in [6.45, 7) is 13.3. The molecule has 3 N–H and O–H groups in total. The minimum absolute atomic E-state index is 0.0593. The summed E-state index contributed by atoms with van der Waals surface area (Å²) in [4.78, 5) is 60.2. The number of ether oxygens (including phenoxy) is 2. The fourth-order valence-corrected chi connectivity index (χ4v) is 5.77. The van der Waals surface area contributed by atoms with Gasteiger partial charge in [-0.3, -0.25) is 19.2 Å². The largest absolute Gasteiger partial charge is 0.469 e. The van der Waals surface area contributed by atoms with E-state index in [0.717, 1.165) is 61.2 Å². The van der Waals surface area contributed by atoms with Crippen LogP contribution in [0.4, 0.5) is 0 Å². The summed E-state index contributed by atoms with van der Waals surface area (Å²) in [7, 11) is 2.72. The number of methoxy groups -OCH3 is 2. The maximum absolute atomic E-state index is 12.4. The summed E-state index contributed by atoms with van der Waals surface area (Å²) in [5.74, 6) is -1.30. The lowest BCUT2D eigenvalue weighted by molar-refractivity contribution is -0.141. The monoisotopic (exact) mass is 613 g/mol. The van der Waals surface area contributed by atoms with Gasteiger partial charge in [-0.1, -0.05) is 18.7 Å². The van der Waals surface area contributed by atoms with Crippen LogP contribution in [-0.4, -0.2) is 53.7 Å². The van der Waals surface area contributed by atoms with Gasteiger partial charge in [-0.2, -0.15) is 0 Å². The van der Waals surface area contributed by atoms with E-state index >= 15 is 0 Å². The zero-order valence-corrected chi connectivity index (χ0v) is 26.9. The molecule has 1 saturated heterocycles. The molecular formula is C35H40N4O6. The fourth-order valence-electron chi connectivity index (χ4n) is 5.77. The third kappa shape index (κ3) is 6.74. The minimum Gasteiger partial charge on any atom is -0.469 e. The minimum atomic E-state index is -0.330. The number of hydrogen-bond acceptors (Lipinski definition) is 6. The Morgan fingerprint density at radius 3 is 2.11 bits per heavy atom. The van der Waals surface area contributed by atoms with Crippen molar-refractivity contribution in [1.29, 1.82) is 0 Å². The number of amides is 2. The summed E-state index contributed by atoms with van der Waals surface area (Å²) in [5, 5.41) is 4.48. The molecule has 2 aromatic heterocycles. The van der Waals surface area contributed by atoms with Gasteiger partial charge < -0.3 is 24.8 Å². The molecule has 236 valence electrons. The summed E-state index contributed by atoms with van der Waals surface area (Å²) in [6, 6.07) is 0. The topological polar surface area (TPSA) is 143 Å². The van der Waals surface area contributed by atoms with Crippen molar-refractivity contribution >= 4 is 47.7 Å². The van der Waals surface area contributed by atoms with Crippen molar-refractivity contribution in [3.63, 3.8) is 0 Å². The van der Waals surface area contributed by atoms with Crippen LogP contribution in [0.25, 0.3) is 18.2 Å². The van der Waals surface area contributed by atoms with Gasteiger partial charge in [0.2, 0.25) is 5.91 Å². The highest BCUT2D eigenvalue weighted by Crippen LogP contribution is 2.29. The number of nitrogens with zero attached hydrogens (tertiary/aromatic N) is 1. The molecule has 2 amide bonds. The molecule has 0 aromatic carbocycles. The van der Waals surface area contributed by atoms with Crippen molar-refractivity contribution in [2.45, 2.75) is 60.3 Å². The van der Waals surface area contributed by atoms with E-state index in [-0.39, 0.29) is 42.5 Å². The number of rotatable bonds is 10. The molecule has 0 aliphatic carbocycles. The Hall–Kier alpha value is -4.99. The zero-order chi connectivity index (χ0) is 33.0. The van der Waals surface area contributed by atoms with Crippen molar-refractivity contribution in [2.75, 3.05) is 14.2 Å². The Morgan fingerprint density at radius 1 is 0.889 bits per heavy atom. The van der Waals surface area contributed by atoms with Crippen molar-refractivity contribution in [3.8, 4) is 0 Å². The van der Waals surface area contributed by atoms with Gasteiger partial charge >= 0.3 is 11.9 Å². The third-order valence-corrected chi connectivity index (χ3v) is 8.56. The molecule has 4 rings (SSSR count). The second kappa shape index (κ2) is 13.8. The van der Waals surface area contributed by atoms with E-state index in [2.05, 4.69) is 26.9 Å². The Kier molecular flexibility index (Phi) is 10.1. The van der Waals surface area contributed by atoms with E-state index < -0.39 is 0 Å². The second-order valence-corrected chi connectivity index (χ2v) is 11.1. The van der Waals surface area contributed by atoms with Crippen LogP contribution in [0, 0.1) is 19.8 Å². The first-order valence-electron chi connectivity index (χ1n) is 14.9. The lowest BCUT2D eigenvalue weighted by Crippen LogP contribution is -2.16. The molecule has 0 bridgehead atoms. The van der Waals surface area contributed by atoms with Crippen LogP contribution in [0.15, 0.2) is 46.1 Å². The fraction of sp³-hybridized carbons (Fsp3) is 0.343. The predicted octanol–water partition coefficient (Wildman–Crippen LogP) is 3.32. The van der Waals surface area contributed by atoms with E-state index in [1.165, 1.54) is 20.3 Å². The van der Waals surface area contributed by atoms with Crippen molar-refractivity contribution < 1.29 is 28.7 Å². The summed E-state index contributed by atoms with van der Waals surface area (Å²) >= 11 is 0. The van der Waals surface area contributed by atoms with Crippen molar-refractivity contribution in [1.82, 2.24) is 15.3 Å². The molecule has 0 spiro atoms. The maximum Gasteiger partial charge on any atom is 0.305 e. The number of aliphatic imine (C=N–C) groups is 1. The average Bonchev–Trinajstić information content (AvgIpc) is 3.66. The van der Waals surface area contributed by atoms with Gasteiger partial charge in [-0.15, -0.1) is 0 Å². The Bertz CT molecular complexity index is 1840. The lowest BCUT2D eigenvalue weighted by Gasteiger charge is -2.04. The second-order valence-electron chi connectivity index (χ2n) is 11.1. The molecule has 1 atom stereocenters. The average molecular weight is 614 g/mol. The highest BCUT2D eigenvalue weighted by molar-refractivity contribution is 6.31. The molecule has 4 heterocycles. The molecular weight excluding hydrogens is 573 g/mol. The number of aromatic amines is 2. The highest BCUT2D eigenvalue weighted by Gasteiger charge is 2.29. The van der Waals surface area contributed by atoms with Gasteiger partial charge in [0.05, 0.1) is 25.8 Å². The van der Waals surface area contributed by atoms with Crippen LogP contribution < -0.4 is 16.0 Å². The standard InChI is InChI=1S/C35H40N4O6/c1-9-22-21(6)34(42)39-29(22)16-27-20(5)25(12-14-33(41)45-8)31(37-27)17-30-24(11-13-32(40)44-7)19(4)26(36-30)15-28-18(3)23(10-2)35(43)38-28/h9-10,15-17,21,36-37H,2,11-14H2,1,3-8H3,(H,39,42)/b22-9+,26-15+,29-16+,30-17-/t21-/m0/s1/i15+1. The number of esters is 2. The number of carbonyl (C=O) groups is 4. The Labute approximate surface area is 262 Å². The SMILES string of the molecule is C=CC1=C(C)C(/[13CH]=c2/[nH]/c(=C\c3[nH]c(/C=C4/NC(=O)[C@@H](C)/C4=C\C)c(C)c3CCC(=O)OC)c(CCC(=O)OC)c2C)=NC1=O. The van der Waals surface area contributed by atoms with Crippen LogP contribution in [0.3, 0.4) is 0 Å². The first-order valence-corrected chi connectivity index (χ1v) is 14.9. The van der Waals surface area contributed by atoms with Crippen LogP contribution in [-0.2, 0) is 41.5 Å². The smallest absolute Gasteiger partial charge is 0.305 e. The normalized spacial score (nSPS) is 19.2. The van der Waals surface area contributed by atoms with E-state index in [0.29, 0.717) is 24.1 Å². The van der Waals surface area contributed by atoms with E-state index in [4.69, 9.17) is 9.47 Å². The van der Waals surface area contributed by atoms with Crippen LogP contribution >= 0.6 is 0 Å². The van der Waals surface area contributed by atoms with Crippen LogP contribution in [0.2, 0.25) is 0 Å². The van der Waals surface area contributed by atoms with Crippen LogP contribution in [0.5, 0.6) is 0 Å². The summed E-state index contributed by atoms with van der Waals surface area (Å²) in [6.07, 6.45) is 10.4. The van der Waals surface area contributed by atoms with Crippen molar-refractivity contribution in [2.24, 2.45) is 10.9 Å². The number of carbonyl (C=O) groups excluding carboxylic acids is 4. The molecule has 0 unspecified atom stereocenters. The highest BCUT2D eigenvalue weighted by atomic mass is 16.5. The van der Waals surface area contributed by atoms with Gasteiger partial charge in [0.25, 0.3) is 5.91 Å². The Balaban J connectivity index is 1.91.